The average molecular weight is 201 g/mol. The summed E-state index contributed by atoms with van der Waals surface area (Å²) in [6, 6.07) is -0.327. The van der Waals surface area contributed by atoms with Gasteiger partial charge in [-0.1, -0.05) is 28.2 Å². The van der Waals surface area contributed by atoms with Gasteiger partial charge in [0.1, 0.15) is 0 Å². The minimum Gasteiger partial charge on any atom is -0.336 e. The maximum Gasteiger partial charge on any atom is 0.228 e. The van der Waals surface area contributed by atoms with Crippen LogP contribution in [0.4, 0.5) is 0 Å². The lowest BCUT2D eigenvalue weighted by atomic mass is 9.94. The van der Waals surface area contributed by atoms with E-state index in [9.17, 15) is 9.59 Å². The van der Waals surface area contributed by atoms with Crippen LogP contribution in [0.2, 0.25) is 0 Å². The molecular formula is C11H23NO2. The van der Waals surface area contributed by atoms with E-state index in [4.69, 9.17) is 0 Å². The number of carbonyl (C=O) groups excluding carboxylic acids is 2. The number of likely N-dealkylation sites (N-methyl/N-ethyl adjacent to an activating group) is 1. The van der Waals surface area contributed by atoms with E-state index in [1.54, 1.807) is 14.0 Å². The largest absolute Gasteiger partial charge is 0.336 e. The summed E-state index contributed by atoms with van der Waals surface area (Å²) < 4.78 is 0. The number of Topliss-reactive ketones (excluding diaryl/α,β-unsaturated/α-hetero) is 1. The van der Waals surface area contributed by atoms with E-state index in [0.29, 0.717) is 0 Å². The summed E-state index contributed by atoms with van der Waals surface area (Å²) in [4.78, 5) is 24.2. The lowest BCUT2D eigenvalue weighted by Gasteiger charge is -2.29. The van der Waals surface area contributed by atoms with Crippen LogP contribution in [-0.4, -0.2) is 29.7 Å². The van der Waals surface area contributed by atoms with E-state index in [1.165, 1.54) is 11.8 Å². The number of ketones is 1. The van der Waals surface area contributed by atoms with Crippen LogP contribution in [0.3, 0.4) is 0 Å². The summed E-state index contributed by atoms with van der Waals surface area (Å²) in [7, 11) is 1.67. The minimum atomic E-state index is -0.418. The quantitative estimate of drug-likeness (QED) is 0.686. The number of hydrogen-bond acceptors (Lipinski definition) is 2. The third-order valence-corrected chi connectivity index (χ3v) is 2.13. The molecule has 0 aromatic rings. The fourth-order valence-electron chi connectivity index (χ4n) is 0.978. The zero-order valence-corrected chi connectivity index (χ0v) is 9.34. The predicted molar refractivity (Wildman–Crippen MR) is 59.1 cm³/mol. The van der Waals surface area contributed by atoms with Crippen LogP contribution >= 0.6 is 0 Å². The van der Waals surface area contributed by atoms with Crippen LogP contribution in [0.5, 0.6) is 0 Å². The second-order valence-corrected chi connectivity index (χ2v) is 4.45. The van der Waals surface area contributed by atoms with E-state index in [1.807, 2.05) is 20.8 Å². The van der Waals surface area contributed by atoms with Gasteiger partial charge in [-0.15, -0.1) is 0 Å². The highest BCUT2D eigenvalue weighted by molar-refractivity contribution is 5.89. The van der Waals surface area contributed by atoms with Crippen molar-refractivity contribution in [3.05, 3.63) is 0 Å². The normalized spacial score (nSPS) is 12.7. The molecule has 0 aromatic heterocycles. The number of rotatable bonds is 2. The van der Waals surface area contributed by atoms with Crippen molar-refractivity contribution in [3.63, 3.8) is 0 Å². The van der Waals surface area contributed by atoms with Gasteiger partial charge in [0.15, 0.2) is 5.78 Å². The Labute approximate surface area is 87.5 Å². The number of carbonyl (C=O) groups is 2. The summed E-state index contributed by atoms with van der Waals surface area (Å²) in [6.45, 7) is 8.78. The summed E-state index contributed by atoms with van der Waals surface area (Å²) >= 11 is 0. The monoisotopic (exact) mass is 201 g/mol. The zero-order valence-electron chi connectivity index (χ0n) is 9.34. The highest BCUT2D eigenvalue weighted by Crippen LogP contribution is 2.17. The van der Waals surface area contributed by atoms with Gasteiger partial charge in [-0.3, -0.25) is 9.59 Å². The van der Waals surface area contributed by atoms with Gasteiger partial charge in [-0.05, 0) is 13.8 Å². The van der Waals surface area contributed by atoms with Crippen molar-refractivity contribution >= 4 is 11.7 Å². The fourth-order valence-corrected chi connectivity index (χ4v) is 0.978. The molecule has 14 heavy (non-hydrogen) atoms. The Bertz CT molecular complexity index is 216. The molecule has 0 saturated carbocycles. The predicted octanol–water partition coefficient (Wildman–Crippen LogP) is 2.10. The van der Waals surface area contributed by atoms with Crippen LogP contribution in [0.1, 0.15) is 42.0 Å². The molecule has 0 fully saturated rings. The highest BCUT2D eigenvalue weighted by Gasteiger charge is 2.28. The Morgan fingerprint density at radius 3 is 1.79 bits per heavy atom. The molecule has 1 amide bonds. The summed E-state index contributed by atoms with van der Waals surface area (Å²) in [5.41, 5.74) is -0.418. The van der Waals surface area contributed by atoms with Crippen molar-refractivity contribution in [3.8, 4) is 0 Å². The van der Waals surface area contributed by atoms with Gasteiger partial charge in [-0.25, -0.2) is 0 Å². The Morgan fingerprint density at radius 1 is 1.21 bits per heavy atom. The van der Waals surface area contributed by atoms with Crippen LogP contribution in [-0.2, 0) is 9.59 Å². The Morgan fingerprint density at radius 2 is 1.57 bits per heavy atom. The van der Waals surface area contributed by atoms with Crippen molar-refractivity contribution in [2.24, 2.45) is 5.41 Å². The number of amides is 1. The Hall–Kier alpha value is -0.860. The Kier molecular flexibility index (Phi) is 5.72. The highest BCUT2D eigenvalue weighted by atomic mass is 16.2. The maximum absolute atomic E-state index is 11.7. The molecular weight excluding hydrogens is 178 g/mol. The second kappa shape index (κ2) is 5.13. The molecule has 3 nitrogen and oxygen atoms in total. The summed E-state index contributed by atoms with van der Waals surface area (Å²) in [5.74, 6) is 0.00954. The molecule has 0 aliphatic rings. The molecule has 84 valence electrons. The third kappa shape index (κ3) is 3.90. The first kappa shape index (κ1) is 15.6. The SMILES string of the molecule is C.CC(=O)C(C)N(C)C(=O)C(C)(C)C. The van der Waals surface area contributed by atoms with E-state index >= 15 is 0 Å². The minimum absolute atomic E-state index is 0. The van der Waals surface area contributed by atoms with Gasteiger partial charge in [0.25, 0.3) is 0 Å². The number of nitrogens with zero attached hydrogens (tertiary/aromatic N) is 1. The molecule has 0 radical (unpaired) electrons. The standard InChI is InChI=1S/C10H19NO2.CH4/c1-7(8(2)12)11(6)9(13)10(3,4)5;/h7H,1-6H3;1H4. The molecule has 0 N–H and O–H groups in total. The van der Waals surface area contributed by atoms with Crippen molar-refractivity contribution in [1.29, 1.82) is 0 Å². The summed E-state index contributed by atoms with van der Waals surface area (Å²) in [5, 5.41) is 0. The lowest BCUT2D eigenvalue weighted by molar-refractivity contribution is -0.143. The van der Waals surface area contributed by atoms with E-state index < -0.39 is 5.41 Å². The third-order valence-electron chi connectivity index (χ3n) is 2.13. The van der Waals surface area contributed by atoms with Crippen LogP contribution in [0, 0.1) is 5.41 Å². The van der Waals surface area contributed by atoms with Crippen LogP contribution in [0.15, 0.2) is 0 Å². The van der Waals surface area contributed by atoms with Gasteiger partial charge in [0, 0.05) is 12.5 Å². The molecule has 0 aromatic carbocycles. The summed E-state index contributed by atoms with van der Waals surface area (Å²) in [6.07, 6.45) is 0. The first-order valence-corrected chi connectivity index (χ1v) is 4.45. The molecule has 0 rings (SSSR count). The second-order valence-electron chi connectivity index (χ2n) is 4.45. The van der Waals surface area contributed by atoms with E-state index in [-0.39, 0.29) is 25.2 Å². The van der Waals surface area contributed by atoms with Crippen LogP contribution in [0.25, 0.3) is 0 Å². The smallest absolute Gasteiger partial charge is 0.228 e. The topological polar surface area (TPSA) is 37.4 Å². The van der Waals surface area contributed by atoms with Gasteiger partial charge in [0.2, 0.25) is 5.91 Å². The molecule has 1 unspecified atom stereocenters. The van der Waals surface area contributed by atoms with Gasteiger partial charge >= 0.3 is 0 Å². The van der Waals surface area contributed by atoms with E-state index in [0.717, 1.165) is 0 Å². The van der Waals surface area contributed by atoms with E-state index in [2.05, 4.69) is 0 Å². The van der Waals surface area contributed by atoms with Crippen molar-refractivity contribution in [1.82, 2.24) is 4.90 Å². The number of hydrogen-bond donors (Lipinski definition) is 0. The van der Waals surface area contributed by atoms with Crippen molar-refractivity contribution < 1.29 is 9.59 Å². The average Bonchev–Trinajstić information content (AvgIpc) is 1.98. The Balaban J connectivity index is 0. The van der Waals surface area contributed by atoms with Gasteiger partial charge in [0.05, 0.1) is 6.04 Å². The first-order chi connectivity index (χ1) is 5.68. The molecule has 0 spiro atoms. The molecule has 0 bridgehead atoms. The zero-order chi connectivity index (χ0) is 10.8. The molecule has 0 aliphatic carbocycles. The maximum atomic E-state index is 11.7. The fraction of sp³-hybridized carbons (Fsp3) is 0.818. The lowest BCUT2D eigenvalue weighted by Crippen LogP contribution is -2.44. The molecule has 3 heteroatoms. The van der Waals surface area contributed by atoms with Gasteiger partial charge < -0.3 is 4.90 Å². The van der Waals surface area contributed by atoms with Crippen molar-refractivity contribution in [2.45, 2.75) is 48.1 Å². The first-order valence-electron chi connectivity index (χ1n) is 4.45. The molecule has 0 heterocycles. The van der Waals surface area contributed by atoms with Crippen LogP contribution < -0.4 is 0 Å². The molecule has 1 atom stereocenters. The van der Waals surface area contributed by atoms with Crippen molar-refractivity contribution in [2.75, 3.05) is 7.05 Å². The molecule has 0 saturated heterocycles. The van der Waals surface area contributed by atoms with Gasteiger partial charge in [-0.2, -0.15) is 0 Å². The molecule has 0 aliphatic heterocycles.